The van der Waals surface area contributed by atoms with Crippen molar-refractivity contribution >= 4 is 40.8 Å². The van der Waals surface area contributed by atoms with Crippen molar-refractivity contribution in [1.29, 1.82) is 0 Å². The number of imidazole rings is 1. The van der Waals surface area contributed by atoms with Crippen molar-refractivity contribution in [2.24, 2.45) is 0 Å². The number of aromatic nitrogens is 2. The monoisotopic (exact) mass is 386 g/mol. The Labute approximate surface area is 152 Å². The van der Waals surface area contributed by atoms with Gasteiger partial charge >= 0.3 is 0 Å². The van der Waals surface area contributed by atoms with Crippen LogP contribution in [-0.2, 0) is 9.84 Å². The van der Waals surface area contributed by atoms with Crippen molar-refractivity contribution < 1.29 is 8.42 Å². The second-order valence-corrected chi connectivity index (χ2v) is 9.19. The Kier molecular flexibility index (Phi) is 3.99. The third-order valence-corrected chi connectivity index (χ3v) is 6.63. The van der Waals surface area contributed by atoms with Crippen LogP contribution in [0, 0.1) is 0 Å². The van der Waals surface area contributed by atoms with Crippen LogP contribution in [0.15, 0.2) is 64.9 Å². The number of rotatable bonds is 3. The third kappa shape index (κ3) is 2.91. The highest BCUT2D eigenvalue weighted by Crippen LogP contribution is 2.34. The fourth-order valence-electron chi connectivity index (χ4n) is 2.81. The second kappa shape index (κ2) is 6.06. The van der Waals surface area contributed by atoms with Gasteiger partial charge in [-0.25, -0.2) is 13.4 Å². The van der Waals surface area contributed by atoms with Crippen LogP contribution in [0.2, 0.25) is 0 Å². The summed E-state index contributed by atoms with van der Waals surface area (Å²) in [7, 11) is -0.483. The van der Waals surface area contributed by atoms with E-state index in [4.69, 9.17) is 4.98 Å². The maximum Gasteiger partial charge on any atom is 0.195 e. The van der Waals surface area contributed by atoms with Gasteiger partial charge in [0.15, 0.2) is 14.8 Å². The van der Waals surface area contributed by atoms with Crippen molar-refractivity contribution in [3.05, 3.63) is 60.0 Å². The average Bonchev–Trinajstić information content (AvgIpc) is 3.15. The SMILES string of the molecule is CS(=O)(=O)c1ccc(-c2c(-c3ccccc3)nc3scc(P)n23)cc1. The normalized spacial score (nSPS) is 11.9. The molecule has 0 radical (unpaired) electrons. The second-order valence-electron chi connectivity index (χ2n) is 5.75. The van der Waals surface area contributed by atoms with Gasteiger partial charge in [-0.05, 0) is 12.1 Å². The molecule has 0 N–H and O–H groups in total. The molecule has 4 aromatic rings. The third-order valence-electron chi connectivity index (χ3n) is 3.99. The van der Waals surface area contributed by atoms with E-state index in [-0.39, 0.29) is 0 Å². The minimum absolute atomic E-state index is 0.315. The molecule has 7 heteroatoms. The predicted molar refractivity (Wildman–Crippen MR) is 106 cm³/mol. The predicted octanol–water partition coefficient (Wildman–Crippen LogP) is 3.63. The Morgan fingerprint density at radius 1 is 1.00 bits per heavy atom. The molecule has 0 spiro atoms. The lowest BCUT2D eigenvalue weighted by Gasteiger charge is -2.07. The van der Waals surface area contributed by atoms with Gasteiger partial charge in [-0.1, -0.05) is 51.7 Å². The fraction of sp³-hybridized carbons (Fsp3) is 0.0556. The van der Waals surface area contributed by atoms with Gasteiger partial charge in [0, 0.05) is 22.8 Å². The first kappa shape index (κ1) is 16.5. The number of benzene rings is 2. The van der Waals surface area contributed by atoms with E-state index < -0.39 is 9.84 Å². The molecule has 0 amide bonds. The van der Waals surface area contributed by atoms with E-state index >= 15 is 0 Å². The van der Waals surface area contributed by atoms with E-state index in [0.717, 1.165) is 32.9 Å². The Balaban J connectivity index is 1.98. The van der Waals surface area contributed by atoms with E-state index in [1.54, 1.807) is 23.5 Å². The molecule has 126 valence electrons. The topological polar surface area (TPSA) is 51.4 Å². The summed E-state index contributed by atoms with van der Waals surface area (Å²) in [5.74, 6) is 0. The van der Waals surface area contributed by atoms with E-state index in [1.807, 2.05) is 47.8 Å². The molecule has 0 aliphatic rings. The van der Waals surface area contributed by atoms with Gasteiger partial charge in [0.05, 0.1) is 21.7 Å². The van der Waals surface area contributed by atoms with E-state index in [9.17, 15) is 8.42 Å². The Hall–Kier alpha value is -2.01. The molecule has 25 heavy (non-hydrogen) atoms. The molecule has 4 nitrogen and oxygen atoms in total. The van der Waals surface area contributed by atoms with Crippen LogP contribution >= 0.6 is 20.6 Å². The van der Waals surface area contributed by atoms with Gasteiger partial charge < -0.3 is 0 Å². The summed E-state index contributed by atoms with van der Waals surface area (Å²) in [6, 6.07) is 17.0. The Bertz CT molecular complexity index is 1160. The highest BCUT2D eigenvalue weighted by atomic mass is 32.2. The molecule has 0 aliphatic heterocycles. The van der Waals surface area contributed by atoms with Crippen molar-refractivity contribution in [2.45, 2.75) is 4.90 Å². The first-order valence-electron chi connectivity index (χ1n) is 7.56. The van der Waals surface area contributed by atoms with Gasteiger partial charge in [0.1, 0.15) is 0 Å². The van der Waals surface area contributed by atoms with Crippen LogP contribution in [0.5, 0.6) is 0 Å². The zero-order valence-corrected chi connectivity index (χ0v) is 16.2. The Morgan fingerprint density at radius 2 is 1.68 bits per heavy atom. The standard InChI is InChI=1S/C18H15N2O2PS2/c1-25(21,22)14-9-7-13(8-10-14)17-16(12-5-3-2-4-6-12)19-18-20(17)15(23)11-24-18/h2-11H,23H2,1H3. The molecule has 0 saturated heterocycles. The largest absolute Gasteiger partial charge is 0.283 e. The summed E-state index contributed by atoms with van der Waals surface area (Å²) in [6.45, 7) is 0. The number of sulfone groups is 1. The summed E-state index contributed by atoms with van der Waals surface area (Å²) in [5.41, 5.74) is 4.85. The number of fused-ring (bicyclic) bond motifs is 1. The summed E-state index contributed by atoms with van der Waals surface area (Å²) < 4.78 is 25.5. The zero-order chi connectivity index (χ0) is 17.6. The van der Waals surface area contributed by atoms with Crippen molar-refractivity contribution in [3.8, 4) is 22.5 Å². The molecule has 1 unspecified atom stereocenters. The first-order chi connectivity index (χ1) is 11.9. The molecule has 2 aromatic carbocycles. The molecule has 1 atom stereocenters. The molecule has 2 aromatic heterocycles. The van der Waals surface area contributed by atoms with Crippen molar-refractivity contribution in [3.63, 3.8) is 0 Å². The molecular formula is C18H15N2O2PS2. The Morgan fingerprint density at radius 3 is 2.32 bits per heavy atom. The lowest BCUT2D eigenvalue weighted by molar-refractivity contribution is 0.602. The van der Waals surface area contributed by atoms with Gasteiger partial charge in [0.2, 0.25) is 0 Å². The van der Waals surface area contributed by atoms with Crippen LogP contribution in [-0.4, -0.2) is 24.1 Å². The fourth-order valence-corrected chi connectivity index (χ4v) is 4.76. The summed E-state index contributed by atoms with van der Waals surface area (Å²) >= 11 is 1.58. The zero-order valence-electron chi connectivity index (χ0n) is 13.4. The quantitative estimate of drug-likeness (QED) is 0.505. The number of nitrogens with zero attached hydrogens (tertiary/aromatic N) is 2. The smallest absolute Gasteiger partial charge is 0.195 e. The van der Waals surface area contributed by atoms with Gasteiger partial charge in [-0.2, -0.15) is 0 Å². The number of hydrogen-bond donors (Lipinski definition) is 0. The van der Waals surface area contributed by atoms with Crippen LogP contribution in [0.1, 0.15) is 0 Å². The van der Waals surface area contributed by atoms with Crippen LogP contribution in [0.25, 0.3) is 27.5 Å². The molecule has 2 heterocycles. The van der Waals surface area contributed by atoms with Crippen molar-refractivity contribution in [1.82, 2.24) is 9.38 Å². The summed E-state index contributed by atoms with van der Waals surface area (Å²) in [4.78, 5) is 6.02. The number of thiazole rings is 1. The minimum atomic E-state index is -3.21. The van der Waals surface area contributed by atoms with Crippen LogP contribution in [0.3, 0.4) is 0 Å². The highest BCUT2D eigenvalue weighted by Gasteiger charge is 2.19. The molecule has 4 rings (SSSR count). The number of hydrogen-bond acceptors (Lipinski definition) is 4. The van der Waals surface area contributed by atoms with Crippen LogP contribution < -0.4 is 5.44 Å². The van der Waals surface area contributed by atoms with E-state index in [2.05, 4.69) is 13.6 Å². The molecule has 0 bridgehead atoms. The molecular weight excluding hydrogens is 371 g/mol. The molecule has 0 aliphatic carbocycles. The van der Waals surface area contributed by atoms with Gasteiger partial charge in [0.25, 0.3) is 0 Å². The average molecular weight is 386 g/mol. The highest BCUT2D eigenvalue weighted by molar-refractivity contribution is 7.90. The maximum absolute atomic E-state index is 11.7. The minimum Gasteiger partial charge on any atom is -0.283 e. The van der Waals surface area contributed by atoms with E-state index in [0.29, 0.717) is 4.90 Å². The molecule has 0 fully saturated rings. The van der Waals surface area contributed by atoms with Gasteiger partial charge in [-0.3, -0.25) is 4.40 Å². The lowest BCUT2D eigenvalue weighted by Crippen LogP contribution is -2.01. The van der Waals surface area contributed by atoms with Gasteiger partial charge in [-0.15, -0.1) is 11.3 Å². The molecule has 0 saturated carbocycles. The van der Waals surface area contributed by atoms with Crippen molar-refractivity contribution in [2.75, 3.05) is 6.26 Å². The van der Waals surface area contributed by atoms with E-state index in [1.165, 1.54) is 6.26 Å². The lowest BCUT2D eigenvalue weighted by atomic mass is 10.1. The van der Waals surface area contributed by atoms with Crippen LogP contribution in [0.4, 0.5) is 0 Å². The maximum atomic E-state index is 11.7. The summed E-state index contributed by atoms with van der Waals surface area (Å²) in [5, 5.41) is 2.04. The first-order valence-corrected chi connectivity index (χ1v) is 10.9. The summed E-state index contributed by atoms with van der Waals surface area (Å²) in [6.07, 6.45) is 1.22.